The van der Waals surface area contributed by atoms with Gasteiger partial charge in [-0.2, -0.15) is 5.10 Å². The topological polar surface area (TPSA) is 28.7 Å². The minimum atomic E-state index is -0.228. The van der Waals surface area contributed by atoms with Crippen LogP contribution in [0.25, 0.3) is 11.1 Å². The summed E-state index contributed by atoms with van der Waals surface area (Å²) in [5.74, 6) is -0.228. The molecule has 12 heavy (non-hydrogen) atoms. The molecule has 3 heteroatoms. The van der Waals surface area contributed by atoms with E-state index in [9.17, 15) is 4.39 Å². The van der Waals surface area contributed by atoms with Crippen molar-refractivity contribution in [2.45, 2.75) is 0 Å². The highest BCUT2D eigenvalue weighted by Crippen LogP contribution is 2.17. The quantitative estimate of drug-likeness (QED) is 0.684. The second-order valence-electron chi connectivity index (χ2n) is 2.50. The molecule has 0 fully saturated rings. The average molecular weight is 162 g/mol. The van der Waals surface area contributed by atoms with E-state index in [4.69, 9.17) is 0 Å². The number of hydrogen-bond donors (Lipinski definition) is 1. The Kier molecular flexibility index (Phi) is 1.63. The van der Waals surface area contributed by atoms with Crippen molar-refractivity contribution < 1.29 is 4.39 Å². The molecule has 0 radical (unpaired) electrons. The molecule has 0 saturated heterocycles. The highest BCUT2D eigenvalue weighted by Gasteiger charge is 1.98. The second-order valence-corrected chi connectivity index (χ2v) is 2.50. The number of nitrogens with zero attached hydrogens (tertiary/aromatic N) is 1. The Morgan fingerprint density at radius 1 is 1.25 bits per heavy atom. The van der Waals surface area contributed by atoms with E-state index in [0.29, 0.717) is 0 Å². The third kappa shape index (κ3) is 1.21. The fourth-order valence-corrected chi connectivity index (χ4v) is 1.08. The van der Waals surface area contributed by atoms with Crippen LogP contribution >= 0.6 is 0 Å². The molecule has 0 atom stereocenters. The van der Waals surface area contributed by atoms with Crippen LogP contribution in [0.4, 0.5) is 4.39 Å². The first kappa shape index (κ1) is 7.03. The molecule has 1 aromatic carbocycles. The summed E-state index contributed by atoms with van der Waals surface area (Å²) in [5.41, 5.74) is 1.73. The summed E-state index contributed by atoms with van der Waals surface area (Å²) in [6, 6.07) is 6.42. The Hall–Kier alpha value is -1.64. The largest absolute Gasteiger partial charge is 0.285 e. The molecule has 2 aromatic rings. The Morgan fingerprint density at radius 2 is 2.17 bits per heavy atom. The van der Waals surface area contributed by atoms with Crippen molar-refractivity contribution in [1.29, 1.82) is 0 Å². The van der Waals surface area contributed by atoms with Gasteiger partial charge in [-0.25, -0.2) is 4.39 Å². The van der Waals surface area contributed by atoms with Gasteiger partial charge >= 0.3 is 0 Å². The standard InChI is InChI=1S/C9H7FN2/c10-9-3-1-2-7(4-9)8-5-11-12-6-8/h1-6H,(H,11,12). The zero-order chi connectivity index (χ0) is 8.39. The van der Waals surface area contributed by atoms with Gasteiger partial charge in [0.25, 0.3) is 0 Å². The van der Waals surface area contributed by atoms with Gasteiger partial charge in [-0.15, -0.1) is 0 Å². The van der Waals surface area contributed by atoms with Crippen LogP contribution in [0.3, 0.4) is 0 Å². The maximum atomic E-state index is 12.7. The molecule has 0 aliphatic heterocycles. The van der Waals surface area contributed by atoms with E-state index in [-0.39, 0.29) is 5.82 Å². The molecule has 0 saturated carbocycles. The Morgan fingerprint density at radius 3 is 2.83 bits per heavy atom. The van der Waals surface area contributed by atoms with E-state index in [2.05, 4.69) is 10.2 Å². The van der Waals surface area contributed by atoms with E-state index in [1.165, 1.54) is 12.1 Å². The molecule has 1 aromatic heterocycles. The normalized spacial score (nSPS) is 10.1. The number of aromatic amines is 1. The molecular weight excluding hydrogens is 155 g/mol. The fraction of sp³-hybridized carbons (Fsp3) is 0. The van der Waals surface area contributed by atoms with Crippen LogP contribution in [-0.4, -0.2) is 10.2 Å². The summed E-state index contributed by atoms with van der Waals surface area (Å²) < 4.78 is 12.7. The number of benzene rings is 1. The van der Waals surface area contributed by atoms with Crippen molar-refractivity contribution in [2.24, 2.45) is 0 Å². The van der Waals surface area contributed by atoms with Crippen molar-refractivity contribution in [3.63, 3.8) is 0 Å². The van der Waals surface area contributed by atoms with E-state index in [0.717, 1.165) is 11.1 Å². The van der Waals surface area contributed by atoms with Crippen LogP contribution in [0.1, 0.15) is 0 Å². The highest BCUT2D eigenvalue weighted by atomic mass is 19.1. The van der Waals surface area contributed by atoms with Crippen molar-refractivity contribution in [3.8, 4) is 11.1 Å². The van der Waals surface area contributed by atoms with Crippen LogP contribution in [0.5, 0.6) is 0 Å². The van der Waals surface area contributed by atoms with E-state index in [1.807, 2.05) is 6.07 Å². The lowest BCUT2D eigenvalue weighted by Crippen LogP contribution is -1.75. The van der Waals surface area contributed by atoms with Gasteiger partial charge in [0, 0.05) is 11.8 Å². The van der Waals surface area contributed by atoms with Gasteiger partial charge in [0.1, 0.15) is 5.82 Å². The van der Waals surface area contributed by atoms with E-state index < -0.39 is 0 Å². The van der Waals surface area contributed by atoms with Gasteiger partial charge in [0.2, 0.25) is 0 Å². The fourth-order valence-electron chi connectivity index (χ4n) is 1.08. The molecule has 2 nitrogen and oxygen atoms in total. The first-order chi connectivity index (χ1) is 5.86. The van der Waals surface area contributed by atoms with Crippen LogP contribution in [0.2, 0.25) is 0 Å². The Bertz CT molecular complexity index is 368. The molecule has 0 spiro atoms. The minimum Gasteiger partial charge on any atom is -0.285 e. The summed E-state index contributed by atoms with van der Waals surface area (Å²) in [6.45, 7) is 0. The molecule has 0 unspecified atom stereocenters. The van der Waals surface area contributed by atoms with Crippen molar-refractivity contribution in [2.75, 3.05) is 0 Å². The maximum absolute atomic E-state index is 12.7. The zero-order valence-electron chi connectivity index (χ0n) is 6.29. The summed E-state index contributed by atoms with van der Waals surface area (Å²) in [5, 5.41) is 6.46. The minimum absolute atomic E-state index is 0.228. The number of hydrogen-bond acceptors (Lipinski definition) is 1. The second kappa shape index (κ2) is 2.77. The maximum Gasteiger partial charge on any atom is 0.123 e. The molecule has 2 rings (SSSR count). The smallest absolute Gasteiger partial charge is 0.123 e. The molecule has 60 valence electrons. The van der Waals surface area contributed by atoms with Crippen molar-refractivity contribution in [3.05, 3.63) is 42.5 Å². The van der Waals surface area contributed by atoms with Gasteiger partial charge in [0.15, 0.2) is 0 Å². The lowest BCUT2D eigenvalue weighted by Gasteiger charge is -1.94. The third-order valence-corrected chi connectivity index (χ3v) is 1.66. The monoisotopic (exact) mass is 162 g/mol. The van der Waals surface area contributed by atoms with Crippen LogP contribution < -0.4 is 0 Å². The number of nitrogens with one attached hydrogen (secondary N) is 1. The van der Waals surface area contributed by atoms with Crippen molar-refractivity contribution >= 4 is 0 Å². The average Bonchev–Trinajstić information content (AvgIpc) is 2.56. The number of H-pyrrole nitrogens is 1. The van der Waals surface area contributed by atoms with Gasteiger partial charge in [-0.3, -0.25) is 5.10 Å². The Labute approximate surface area is 69.1 Å². The summed E-state index contributed by atoms with van der Waals surface area (Å²) in [7, 11) is 0. The van der Waals surface area contributed by atoms with Gasteiger partial charge in [0.05, 0.1) is 6.20 Å². The number of aromatic nitrogens is 2. The van der Waals surface area contributed by atoms with Crippen molar-refractivity contribution in [1.82, 2.24) is 10.2 Å². The molecular formula is C9H7FN2. The molecule has 1 N–H and O–H groups in total. The zero-order valence-corrected chi connectivity index (χ0v) is 6.29. The SMILES string of the molecule is Fc1cccc(-c2cn[nH]c2)c1. The van der Waals surface area contributed by atoms with Crippen LogP contribution in [0.15, 0.2) is 36.7 Å². The molecule has 0 amide bonds. The van der Waals surface area contributed by atoms with Crippen LogP contribution in [-0.2, 0) is 0 Å². The third-order valence-electron chi connectivity index (χ3n) is 1.66. The lowest BCUT2D eigenvalue weighted by molar-refractivity contribution is 0.628. The summed E-state index contributed by atoms with van der Waals surface area (Å²) >= 11 is 0. The Balaban J connectivity index is 2.48. The van der Waals surface area contributed by atoms with Crippen LogP contribution in [0, 0.1) is 5.82 Å². The highest BCUT2D eigenvalue weighted by molar-refractivity contribution is 5.61. The molecule has 0 aliphatic rings. The first-order valence-electron chi connectivity index (χ1n) is 3.61. The molecule has 1 heterocycles. The van der Waals surface area contributed by atoms with E-state index >= 15 is 0 Å². The predicted molar refractivity (Wildman–Crippen MR) is 44.0 cm³/mol. The van der Waals surface area contributed by atoms with E-state index in [1.54, 1.807) is 18.5 Å². The predicted octanol–water partition coefficient (Wildman–Crippen LogP) is 2.22. The van der Waals surface area contributed by atoms with Gasteiger partial charge in [-0.1, -0.05) is 12.1 Å². The summed E-state index contributed by atoms with van der Waals surface area (Å²) in [4.78, 5) is 0. The summed E-state index contributed by atoms with van der Waals surface area (Å²) in [6.07, 6.45) is 3.39. The van der Waals surface area contributed by atoms with Gasteiger partial charge < -0.3 is 0 Å². The molecule has 0 bridgehead atoms. The lowest BCUT2D eigenvalue weighted by atomic mass is 10.1. The first-order valence-corrected chi connectivity index (χ1v) is 3.61. The number of rotatable bonds is 1. The van der Waals surface area contributed by atoms with Gasteiger partial charge in [-0.05, 0) is 17.7 Å². The number of halogens is 1. The molecule has 0 aliphatic carbocycles.